The number of morpholine rings is 1. The second kappa shape index (κ2) is 38.8. The highest BCUT2D eigenvalue weighted by Gasteiger charge is 2.27. The van der Waals surface area contributed by atoms with Crippen LogP contribution in [0.3, 0.4) is 0 Å². The number of nitrogens with one attached hydrogen (secondary N) is 3. The standard InChI is InChI=1S/C27H24N4O2S.C26H24N6O2S2.C24H21NO5.C21H18N4O2/c32-22-11-12-30(15-22)14-21-17-34-27-29-25(16-31(21)27)23-7-3-4-8-24(23)28-26(33)20-10-9-18-5-1-2-6-19(18)13-20;1-17-23(36-25(28-17)18-5-4-8-27-13-18)24(33)29-21-7-3-2-6-20(21)22-15-32-19(16-35-26(32)30-22)14-31-9-11-34-12-10-31;1-27-21-13-16(14-22(28-2)23(21)29-3)19(26)12-15-8-4-5-9-17(15)24-25-18-10-6-7-11-20(18)30-24;1-25(2)15-8-5-7-14(13-15)20(26)23-17-10-4-3-9-16(17)21-24-19-18(27-21)11-6-12-22-19/h1-10,13,16-17,22,32H,11-12,14-15H2,(H,28,33);2-8,13,15-16H,9-12,14H2,1H3,(H,29,33);4-11,13-14H,12H2,1-3H3;3-13H,1-2H3,(H,23,26)/t22-;;;/m1.../s1. The van der Waals surface area contributed by atoms with Crippen LogP contribution in [0, 0.1) is 6.92 Å². The van der Waals surface area contributed by atoms with E-state index in [0.29, 0.717) is 90.9 Å². The molecular weight excluding hydrogens is 1660 g/mol. The number of nitrogens with zero attached hydrogens (tertiary/aromatic N) is 12. The number of carbonyl (C=O) groups is 4. The van der Waals surface area contributed by atoms with Crippen molar-refractivity contribution in [3.05, 3.63) is 310 Å². The predicted molar refractivity (Wildman–Crippen MR) is 498 cm³/mol. The normalized spacial score (nSPS) is 13.3. The first kappa shape index (κ1) is 84.8. The van der Waals surface area contributed by atoms with Gasteiger partial charge in [-0.2, -0.15) is 4.98 Å². The molecule has 0 saturated carbocycles. The number of rotatable bonds is 22. The lowest BCUT2D eigenvalue weighted by atomic mass is 9.98. The molecular formula is C98H87N15O11S3. The van der Waals surface area contributed by atoms with Crippen molar-refractivity contribution in [2.75, 3.05) is 95.7 Å². The molecule has 29 heteroatoms. The molecule has 4 N–H and O–H groups in total. The number of likely N-dealkylation sites (tertiary alicyclic amines) is 1. The molecule has 0 unspecified atom stereocenters. The Morgan fingerprint density at radius 3 is 1.76 bits per heavy atom. The highest BCUT2D eigenvalue weighted by atomic mass is 32.1. The molecule has 1 atom stereocenters. The molecule has 2 saturated heterocycles. The number of amides is 3. The number of aliphatic hydroxyl groups excluding tert-OH is 1. The number of aryl methyl sites for hydroxylation is 1. The van der Waals surface area contributed by atoms with Crippen molar-refractivity contribution < 1.29 is 52.1 Å². The van der Waals surface area contributed by atoms with Gasteiger partial charge in [-0.15, -0.1) is 34.0 Å². The quantitative estimate of drug-likeness (QED) is 0.0458. The first-order valence-corrected chi connectivity index (χ1v) is 43.6. The van der Waals surface area contributed by atoms with E-state index in [1.54, 1.807) is 65.5 Å². The first-order valence-electron chi connectivity index (χ1n) is 41.0. The summed E-state index contributed by atoms with van der Waals surface area (Å²) in [5.41, 5.74) is 17.0. The van der Waals surface area contributed by atoms with Crippen molar-refractivity contribution in [2.24, 2.45) is 0 Å². The smallest absolute Gasteiger partial charge is 0.267 e. The number of Topliss-reactive ketones (excluding diaryl/α,β-unsaturated/α-hetero) is 1. The molecule has 0 radical (unpaired) electrons. The molecule has 20 rings (SSSR count). The number of benzene rings is 9. The van der Waals surface area contributed by atoms with Gasteiger partial charge in [0.2, 0.25) is 17.5 Å². The molecule has 9 aromatic carbocycles. The molecule has 2 aliphatic heterocycles. The van der Waals surface area contributed by atoms with E-state index in [-0.39, 0.29) is 36.0 Å². The van der Waals surface area contributed by atoms with Gasteiger partial charge in [0.05, 0.1) is 80.4 Å². The number of β-amino-alcohol motifs (C(OH)–C–C–N with tert-alkyl or cyclic N) is 1. The number of methoxy groups -OCH3 is 3. The highest BCUT2D eigenvalue weighted by molar-refractivity contribution is 7.17. The van der Waals surface area contributed by atoms with Crippen LogP contribution in [0.2, 0.25) is 0 Å². The van der Waals surface area contributed by atoms with E-state index in [1.165, 1.54) is 38.4 Å². The molecule has 2 aliphatic rings. The van der Waals surface area contributed by atoms with Crippen molar-refractivity contribution >= 4 is 123 Å². The minimum atomic E-state index is -0.231. The Hall–Kier alpha value is -14.4. The highest BCUT2D eigenvalue weighted by Crippen LogP contribution is 2.41. The molecule has 3 amide bonds. The lowest BCUT2D eigenvalue weighted by molar-refractivity contribution is 0.0336. The van der Waals surface area contributed by atoms with Gasteiger partial charge in [0.25, 0.3) is 17.7 Å². The molecule has 127 heavy (non-hydrogen) atoms. The van der Waals surface area contributed by atoms with Crippen LogP contribution in [0.25, 0.3) is 99.0 Å². The van der Waals surface area contributed by atoms with Crippen LogP contribution < -0.4 is 35.1 Å². The van der Waals surface area contributed by atoms with Crippen molar-refractivity contribution in [1.29, 1.82) is 0 Å². The summed E-state index contributed by atoms with van der Waals surface area (Å²) in [5, 5.41) is 26.2. The third-order valence-electron chi connectivity index (χ3n) is 21.6. The number of ether oxygens (including phenoxy) is 4. The van der Waals surface area contributed by atoms with Crippen LogP contribution in [0.5, 0.6) is 17.2 Å². The van der Waals surface area contributed by atoms with Gasteiger partial charge in [-0.1, -0.05) is 115 Å². The number of thiazole rings is 3. The fourth-order valence-electron chi connectivity index (χ4n) is 15.0. The SMILES string of the molecule is CN(C)c1cccc(C(=O)Nc2ccccc2-c2nc3ncccc3o2)c1.COc1cc(C(=O)Cc2ccccc2-c2nc3ccccc3o2)cc(OC)c1OC.Cc1nc(-c2cccnc2)sc1C(=O)Nc1ccccc1-c1cn2c(CN3CCOCC3)csc2n1.O=C(Nc1ccccc1-c1cn2c(CN3CC[C@@H](O)C3)csc2n1)c1ccc2ccccc2c1. The van der Waals surface area contributed by atoms with E-state index in [2.05, 4.69) is 76.4 Å². The molecule has 0 bridgehead atoms. The van der Waals surface area contributed by atoms with E-state index in [0.717, 1.165) is 146 Å². The topological polar surface area (TPSA) is 297 Å². The Balaban J connectivity index is 0.000000120. The minimum absolute atomic E-state index is 0.0854. The number of aliphatic hydroxyl groups is 1. The number of aromatic nitrogens is 9. The van der Waals surface area contributed by atoms with Gasteiger partial charge in [0.1, 0.15) is 15.4 Å². The van der Waals surface area contributed by atoms with E-state index in [4.69, 9.17) is 37.7 Å². The zero-order valence-corrected chi connectivity index (χ0v) is 72.6. The Kier molecular flexibility index (Phi) is 25.9. The zero-order valence-electron chi connectivity index (χ0n) is 70.2. The molecule has 9 aromatic heterocycles. The predicted octanol–water partition coefficient (Wildman–Crippen LogP) is 19.2. The van der Waals surface area contributed by atoms with Gasteiger partial charge in [0.15, 0.2) is 44.0 Å². The number of anilines is 4. The summed E-state index contributed by atoms with van der Waals surface area (Å²) >= 11 is 4.61. The summed E-state index contributed by atoms with van der Waals surface area (Å²) in [7, 11) is 8.45. The van der Waals surface area contributed by atoms with E-state index >= 15 is 0 Å². The van der Waals surface area contributed by atoms with Crippen LogP contribution in [-0.4, -0.2) is 163 Å². The summed E-state index contributed by atoms with van der Waals surface area (Å²) in [5.74, 6) is 1.63. The van der Waals surface area contributed by atoms with Crippen LogP contribution in [0.1, 0.15) is 69.8 Å². The third kappa shape index (κ3) is 19.4. The monoisotopic (exact) mass is 1750 g/mol. The second-order valence-corrected chi connectivity index (χ2v) is 32.9. The number of hydrogen-bond donors (Lipinski definition) is 4. The maximum atomic E-state index is 13.3. The number of para-hydroxylation sites is 5. The van der Waals surface area contributed by atoms with Crippen LogP contribution in [0.15, 0.2) is 275 Å². The van der Waals surface area contributed by atoms with Crippen molar-refractivity contribution in [1.82, 2.24) is 53.5 Å². The fourth-order valence-corrected chi connectivity index (χ4v) is 17.7. The number of hydrogen-bond acceptors (Lipinski definition) is 24. The van der Waals surface area contributed by atoms with Gasteiger partial charge >= 0.3 is 0 Å². The largest absolute Gasteiger partial charge is 0.493 e. The molecule has 0 aliphatic carbocycles. The maximum absolute atomic E-state index is 13.3. The summed E-state index contributed by atoms with van der Waals surface area (Å²) in [4.78, 5) is 92.9. The zero-order chi connectivity index (χ0) is 87.4. The molecule has 638 valence electrons. The molecule has 0 spiro atoms. The van der Waals surface area contributed by atoms with E-state index < -0.39 is 0 Å². The average Bonchev–Trinajstić information content (AvgIpc) is 1.66. The van der Waals surface area contributed by atoms with Crippen molar-refractivity contribution in [2.45, 2.75) is 39.0 Å². The fraction of sp³-hybridized carbons (Fsp3) is 0.173. The summed E-state index contributed by atoms with van der Waals surface area (Å²) in [6.07, 6.45) is 10.0. The lowest BCUT2D eigenvalue weighted by Crippen LogP contribution is -2.35. The van der Waals surface area contributed by atoms with Crippen LogP contribution in [0.4, 0.5) is 22.7 Å². The number of fused-ring (bicyclic) bond motifs is 5. The number of pyridine rings is 2. The van der Waals surface area contributed by atoms with E-state index in [1.807, 2.05) is 232 Å². The number of oxazole rings is 2. The summed E-state index contributed by atoms with van der Waals surface area (Å²) < 4.78 is 37.5. The van der Waals surface area contributed by atoms with Crippen LogP contribution >= 0.6 is 34.0 Å². The first-order chi connectivity index (χ1) is 62.0. The lowest BCUT2D eigenvalue weighted by Gasteiger charge is -2.26. The van der Waals surface area contributed by atoms with Gasteiger partial charge in [-0.05, 0) is 139 Å². The van der Waals surface area contributed by atoms with Crippen molar-refractivity contribution in [3.63, 3.8) is 0 Å². The molecule has 18 aromatic rings. The minimum Gasteiger partial charge on any atom is -0.493 e. The third-order valence-corrected chi connectivity index (χ3v) is 24.6. The number of ketones is 1. The number of imidazole rings is 2. The van der Waals surface area contributed by atoms with Crippen molar-refractivity contribution in [3.8, 4) is 73.2 Å². The molecule has 11 heterocycles. The van der Waals surface area contributed by atoms with Gasteiger partial charge < -0.3 is 53.7 Å². The van der Waals surface area contributed by atoms with Gasteiger partial charge in [-0.3, -0.25) is 42.8 Å². The average molecular weight is 1750 g/mol. The molecule has 2 fully saturated rings. The van der Waals surface area contributed by atoms with Gasteiger partial charge in [-0.25, -0.2) is 24.9 Å². The Bertz CT molecular complexity index is 6920. The molecule has 26 nitrogen and oxygen atoms in total. The van der Waals surface area contributed by atoms with Gasteiger partial charge in [0, 0.05) is 158 Å². The summed E-state index contributed by atoms with van der Waals surface area (Å²) in [6, 6.07) is 70.1. The Morgan fingerprint density at radius 1 is 0.535 bits per heavy atom. The second-order valence-electron chi connectivity index (χ2n) is 30.3. The number of carbonyl (C=O) groups excluding carboxylic acids is 4. The summed E-state index contributed by atoms with van der Waals surface area (Å²) in [6.45, 7) is 8.55. The van der Waals surface area contributed by atoms with Crippen LogP contribution in [-0.2, 0) is 24.2 Å². The Labute approximate surface area is 742 Å². The maximum Gasteiger partial charge on any atom is 0.267 e. The van der Waals surface area contributed by atoms with E-state index in [9.17, 15) is 24.3 Å². The Morgan fingerprint density at radius 2 is 1.12 bits per heavy atom.